The molecule has 116 valence electrons. The van der Waals surface area contributed by atoms with Crippen molar-refractivity contribution in [1.29, 1.82) is 0 Å². The van der Waals surface area contributed by atoms with Gasteiger partial charge in [0.05, 0.1) is 30.6 Å². The molecule has 2 atom stereocenters. The summed E-state index contributed by atoms with van der Waals surface area (Å²) in [5.74, 6) is -0.294. The molecule has 0 saturated carbocycles. The molecule has 22 heavy (non-hydrogen) atoms. The maximum absolute atomic E-state index is 13.5. The van der Waals surface area contributed by atoms with Crippen molar-refractivity contribution in [2.24, 2.45) is 0 Å². The van der Waals surface area contributed by atoms with E-state index < -0.39 is 0 Å². The number of hydrogen-bond acceptors (Lipinski definition) is 4. The number of halogens is 2. The number of nitrogens with zero attached hydrogens (tertiary/aromatic N) is 4. The van der Waals surface area contributed by atoms with E-state index >= 15 is 0 Å². The largest absolute Gasteiger partial charge is 0.370 e. The lowest BCUT2D eigenvalue weighted by atomic mass is 10.00. The molecular formula is C15H16ClFN4O. The molecule has 0 radical (unpaired) electrons. The molecule has 1 aromatic heterocycles. The zero-order valence-corrected chi connectivity index (χ0v) is 12.7. The summed E-state index contributed by atoms with van der Waals surface area (Å²) in [6.45, 7) is 2.98. The van der Waals surface area contributed by atoms with Gasteiger partial charge in [0.2, 0.25) is 0 Å². The topological polar surface area (TPSA) is 43.2 Å². The molecule has 2 aliphatic rings. The molecule has 0 N–H and O–H groups in total. The molecule has 3 heterocycles. The maximum Gasteiger partial charge on any atom is 0.125 e. The monoisotopic (exact) mass is 322 g/mol. The summed E-state index contributed by atoms with van der Waals surface area (Å²) < 4.78 is 21.3. The van der Waals surface area contributed by atoms with Gasteiger partial charge in [-0.05, 0) is 30.2 Å². The average molecular weight is 323 g/mol. The molecule has 0 spiro atoms. The highest BCUT2D eigenvalue weighted by atomic mass is 35.5. The van der Waals surface area contributed by atoms with E-state index in [0.29, 0.717) is 18.2 Å². The lowest BCUT2D eigenvalue weighted by Crippen LogP contribution is -2.47. The van der Waals surface area contributed by atoms with Crippen molar-refractivity contribution in [3.8, 4) is 0 Å². The number of fused-ring (bicyclic) bond motifs is 3. The molecule has 0 amide bonds. The quantitative estimate of drug-likeness (QED) is 0.851. The summed E-state index contributed by atoms with van der Waals surface area (Å²) in [6, 6.07) is 4.85. The van der Waals surface area contributed by atoms with Gasteiger partial charge in [0.1, 0.15) is 5.82 Å². The Kier molecular flexibility index (Phi) is 3.60. The predicted octanol–water partition coefficient (Wildman–Crippen LogP) is 2.42. The first-order chi connectivity index (χ1) is 10.7. The lowest BCUT2D eigenvalue weighted by molar-refractivity contribution is -0.0669. The number of ether oxygens (including phenoxy) is 1. The van der Waals surface area contributed by atoms with E-state index in [0.717, 1.165) is 30.8 Å². The van der Waals surface area contributed by atoms with Crippen LogP contribution in [0.25, 0.3) is 0 Å². The molecule has 0 bridgehead atoms. The van der Waals surface area contributed by atoms with Gasteiger partial charge in [0.15, 0.2) is 0 Å². The third-order valence-corrected chi connectivity index (χ3v) is 4.56. The number of likely N-dealkylation sites (tertiary alicyclic amines) is 1. The van der Waals surface area contributed by atoms with Crippen LogP contribution < -0.4 is 0 Å². The average Bonchev–Trinajstić information content (AvgIpc) is 2.95. The minimum atomic E-state index is -0.294. The second-order valence-corrected chi connectivity index (χ2v) is 6.32. The zero-order chi connectivity index (χ0) is 15.1. The highest BCUT2D eigenvalue weighted by molar-refractivity contribution is 6.30. The molecular weight excluding hydrogens is 307 g/mol. The second kappa shape index (κ2) is 5.61. The highest BCUT2D eigenvalue weighted by Crippen LogP contribution is 2.30. The molecule has 1 aromatic carbocycles. The standard InChI is InChI=1S/C15H16ClFN4O/c16-11-3-10(4-12(17)5-11)7-20-2-1-15-14(8-20)21-13(9-22-15)6-18-19-21/h3-6,14-15H,1-2,7-9H2/t14-,15-/m0/s1. The minimum Gasteiger partial charge on any atom is -0.370 e. The van der Waals surface area contributed by atoms with Crippen LogP contribution in [0.15, 0.2) is 24.4 Å². The fourth-order valence-corrected chi connectivity index (χ4v) is 3.59. The fourth-order valence-electron chi connectivity index (χ4n) is 3.35. The van der Waals surface area contributed by atoms with Crippen molar-refractivity contribution < 1.29 is 9.13 Å². The van der Waals surface area contributed by atoms with Crippen LogP contribution in [-0.4, -0.2) is 39.1 Å². The van der Waals surface area contributed by atoms with Crippen molar-refractivity contribution in [3.63, 3.8) is 0 Å². The molecule has 4 rings (SSSR count). The van der Waals surface area contributed by atoms with E-state index in [4.69, 9.17) is 16.3 Å². The Labute approximate surface area is 132 Å². The second-order valence-electron chi connectivity index (χ2n) is 5.89. The van der Waals surface area contributed by atoms with Gasteiger partial charge in [-0.15, -0.1) is 5.10 Å². The normalized spacial score (nSPS) is 24.8. The summed E-state index contributed by atoms with van der Waals surface area (Å²) in [6.07, 6.45) is 2.87. The number of rotatable bonds is 2. The van der Waals surface area contributed by atoms with E-state index in [-0.39, 0.29) is 18.0 Å². The van der Waals surface area contributed by atoms with Crippen LogP contribution in [-0.2, 0) is 17.9 Å². The molecule has 0 unspecified atom stereocenters. The van der Waals surface area contributed by atoms with Crippen LogP contribution in [0.4, 0.5) is 4.39 Å². The Morgan fingerprint density at radius 2 is 2.27 bits per heavy atom. The van der Waals surface area contributed by atoms with Crippen molar-refractivity contribution >= 4 is 11.6 Å². The predicted molar refractivity (Wildman–Crippen MR) is 78.9 cm³/mol. The Morgan fingerprint density at radius 3 is 3.14 bits per heavy atom. The van der Waals surface area contributed by atoms with Crippen LogP contribution in [0.3, 0.4) is 0 Å². The van der Waals surface area contributed by atoms with Crippen LogP contribution in [0, 0.1) is 5.82 Å². The zero-order valence-electron chi connectivity index (χ0n) is 12.0. The summed E-state index contributed by atoms with van der Waals surface area (Å²) in [7, 11) is 0. The van der Waals surface area contributed by atoms with Gasteiger partial charge in [-0.1, -0.05) is 16.8 Å². The van der Waals surface area contributed by atoms with Crippen LogP contribution in [0.1, 0.15) is 23.7 Å². The van der Waals surface area contributed by atoms with Crippen molar-refractivity contribution in [2.45, 2.75) is 31.7 Å². The van der Waals surface area contributed by atoms with E-state index in [1.807, 2.05) is 10.7 Å². The van der Waals surface area contributed by atoms with E-state index in [9.17, 15) is 4.39 Å². The first kappa shape index (κ1) is 14.1. The van der Waals surface area contributed by atoms with Crippen LogP contribution >= 0.6 is 11.6 Å². The number of piperidine rings is 1. The van der Waals surface area contributed by atoms with Gasteiger partial charge in [-0.2, -0.15) is 0 Å². The molecule has 7 heteroatoms. The minimum absolute atomic E-state index is 0.170. The van der Waals surface area contributed by atoms with E-state index in [2.05, 4.69) is 15.2 Å². The van der Waals surface area contributed by atoms with Crippen molar-refractivity contribution in [3.05, 3.63) is 46.5 Å². The molecule has 1 fully saturated rings. The fraction of sp³-hybridized carbons (Fsp3) is 0.467. The Balaban J connectivity index is 1.52. The Morgan fingerprint density at radius 1 is 1.36 bits per heavy atom. The summed E-state index contributed by atoms with van der Waals surface area (Å²) in [4.78, 5) is 2.28. The molecule has 2 aliphatic heterocycles. The Hall–Kier alpha value is -1.50. The molecule has 0 aliphatic carbocycles. The highest BCUT2D eigenvalue weighted by Gasteiger charge is 2.36. The van der Waals surface area contributed by atoms with E-state index in [1.54, 1.807) is 6.20 Å². The van der Waals surface area contributed by atoms with Gasteiger partial charge in [0, 0.05) is 24.7 Å². The van der Waals surface area contributed by atoms with Gasteiger partial charge in [-0.3, -0.25) is 4.90 Å². The van der Waals surface area contributed by atoms with Crippen molar-refractivity contribution in [2.75, 3.05) is 13.1 Å². The van der Waals surface area contributed by atoms with Gasteiger partial charge in [0.25, 0.3) is 0 Å². The Bertz CT molecular complexity index is 672. The van der Waals surface area contributed by atoms with Crippen molar-refractivity contribution in [1.82, 2.24) is 19.9 Å². The van der Waals surface area contributed by atoms with Crippen LogP contribution in [0.2, 0.25) is 5.02 Å². The summed E-state index contributed by atoms with van der Waals surface area (Å²) >= 11 is 5.93. The third kappa shape index (κ3) is 2.62. The number of aromatic nitrogens is 3. The smallest absolute Gasteiger partial charge is 0.125 e. The van der Waals surface area contributed by atoms with Gasteiger partial charge < -0.3 is 4.74 Å². The van der Waals surface area contributed by atoms with E-state index in [1.165, 1.54) is 12.1 Å². The first-order valence-electron chi connectivity index (χ1n) is 7.37. The maximum atomic E-state index is 13.5. The molecule has 2 aromatic rings. The lowest BCUT2D eigenvalue weighted by Gasteiger charge is -2.41. The SMILES string of the molecule is Fc1cc(Cl)cc(CN2CC[C@@H]3OCc4cnnn4[C@H]3C2)c1. The third-order valence-electron chi connectivity index (χ3n) is 4.34. The molecule has 5 nitrogen and oxygen atoms in total. The first-order valence-corrected chi connectivity index (χ1v) is 7.75. The van der Waals surface area contributed by atoms with Gasteiger partial charge in [-0.25, -0.2) is 9.07 Å². The van der Waals surface area contributed by atoms with Gasteiger partial charge >= 0.3 is 0 Å². The number of benzene rings is 1. The summed E-state index contributed by atoms with van der Waals surface area (Å²) in [5.41, 5.74) is 1.90. The summed E-state index contributed by atoms with van der Waals surface area (Å²) in [5, 5.41) is 8.60. The van der Waals surface area contributed by atoms with Crippen LogP contribution in [0.5, 0.6) is 0 Å². The molecule has 1 saturated heterocycles. The number of hydrogen-bond donors (Lipinski definition) is 0.